The number of furan rings is 1. The van der Waals surface area contributed by atoms with Gasteiger partial charge in [-0.15, -0.1) is 0 Å². The van der Waals surface area contributed by atoms with E-state index in [0.717, 1.165) is 22.6 Å². The average molecular weight is 347 g/mol. The molecule has 0 amide bonds. The molecule has 0 spiro atoms. The molecule has 0 fully saturated rings. The average Bonchev–Trinajstić information content (AvgIpc) is 3.29. The highest BCUT2D eigenvalue weighted by Gasteiger charge is 2.17. The van der Waals surface area contributed by atoms with Crippen molar-refractivity contribution < 1.29 is 8.94 Å². The maximum absolute atomic E-state index is 5.77. The highest BCUT2D eigenvalue weighted by molar-refractivity contribution is 5.75. The first-order chi connectivity index (χ1) is 12.7. The molecule has 0 aliphatic carbocycles. The Morgan fingerprint density at radius 2 is 2.00 bits per heavy atom. The summed E-state index contributed by atoms with van der Waals surface area (Å²) in [6, 6.07) is 9.51. The van der Waals surface area contributed by atoms with E-state index in [9.17, 15) is 0 Å². The molecule has 0 aromatic carbocycles. The van der Waals surface area contributed by atoms with Crippen LogP contribution in [0.5, 0.6) is 0 Å². The summed E-state index contributed by atoms with van der Waals surface area (Å²) in [6.45, 7) is 4.34. The van der Waals surface area contributed by atoms with Crippen LogP contribution in [-0.4, -0.2) is 20.1 Å². The number of pyridine rings is 1. The maximum Gasteiger partial charge on any atom is 0.223 e. The molecule has 0 aliphatic rings. The lowest BCUT2D eigenvalue weighted by Gasteiger charge is -2.08. The molecule has 7 nitrogen and oxygen atoms in total. The number of hydrogen-bond acceptors (Lipinski definition) is 7. The minimum atomic E-state index is 0.498. The number of hydrogen-bond donors (Lipinski definition) is 1. The van der Waals surface area contributed by atoms with Crippen LogP contribution in [0.15, 0.2) is 57.9 Å². The van der Waals surface area contributed by atoms with Crippen LogP contribution in [-0.2, 0) is 6.54 Å². The van der Waals surface area contributed by atoms with E-state index in [1.165, 1.54) is 0 Å². The van der Waals surface area contributed by atoms with Crippen molar-refractivity contribution in [3.63, 3.8) is 0 Å². The Morgan fingerprint density at radius 1 is 1.08 bits per heavy atom. The van der Waals surface area contributed by atoms with Crippen LogP contribution in [0.4, 0.5) is 5.95 Å². The van der Waals surface area contributed by atoms with Gasteiger partial charge in [-0.05, 0) is 37.6 Å². The molecule has 0 unspecified atom stereocenters. The third kappa shape index (κ3) is 3.32. The Bertz CT molecular complexity index is 1020. The first kappa shape index (κ1) is 16.0. The van der Waals surface area contributed by atoms with Crippen LogP contribution in [0.25, 0.3) is 22.8 Å². The predicted molar refractivity (Wildman–Crippen MR) is 96.3 cm³/mol. The summed E-state index contributed by atoms with van der Waals surface area (Å²) in [7, 11) is 0. The molecule has 4 rings (SSSR count). The van der Waals surface area contributed by atoms with E-state index in [-0.39, 0.29) is 0 Å². The molecule has 1 N–H and O–H groups in total. The SMILES string of the molecule is Cc1cc(-c2cnc(NCc3cccnc3)nc2-c2ccc(C)o2)on1. The van der Waals surface area contributed by atoms with Gasteiger partial charge in [0.05, 0.1) is 11.3 Å². The predicted octanol–water partition coefficient (Wildman–Crippen LogP) is 4.02. The van der Waals surface area contributed by atoms with Gasteiger partial charge in [-0.1, -0.05) is 11.2 Å². The fourth-order valence-electron chi connectivity index (χ4n) is 2.57. The van der Waals surface area contributed by atoms with Gasteiger partial charge in [-0.2, -0.15) is 0 Å². The molecule has 4 aromatic heterocycles. The Kier molecular flexibility index (Phi) is 4.18. The van der Waals surface area contributed by atoms with E-state index in [1.807, 2.05) is 44.2 Å². The van der Waals surface area contributed by atoms with Gasteiger partial charge in [-0.3, -0.25) is 4.98 Å². The molecule has 0 bridgehead atoms. The zero-order valence-electron chi connectivity index (χ0n) is 14.4. The lowest BCUT2D eigenvalue weighted by atomic mass is 10.1. The standard InChI is InChI=1S/C19H17N5O2/c1-12-8-17(26-24-12)15-11-22-19(21-10-14-4-3-7-20-9-14)23-18(15)16-6-5-13(2)25-16/h3-9,11H,10H2,1-2H3,(H,21,22,23). The molecule has 4 heterocycles. The number of aromatic nitrogens is 4. The summed E-state index contributed by atoms with van der Waals surface area (Å²) in [4.78, 5) is 13.1. The summed E-state index contributed by atoms with van der Waals surface area (Å²) in [5.74, 6) is 2.56. The van der Waals surface area contributed by atoms with E-state index in [2.05, 4.69) is 25.4 Å². The quantitative estimate of drug-likeness (QED) is 0.583. The molecular formula is C19H17N5O2. The van der Waals surface area contributed by atoms with Gasteiger partial charge in [0.2, 0.25) is 5.95 Å². The Hall–Kier alpha value is -3.48. The maximum atomic E-state index is 5.77. The topological polar surface area (TPSA) is 89.9 Å². The first-order valence-corrected chi connectivity index (χ1v) is 8.19. The van der Waals surface area contributed by atoms with Crippen LogP contribution >= 0.6 is 0 Å². The normalized spacial score (nSPS) is 10.8. The lowest BCUT2D eigenvalue weighted by Crippen LogP contribution is -2.05. The van der Waals surface area contributed by atoms with E-state index >= 15 is 0 Å². The van der Waals surface area contributed by atoms with Gasteiger partial charge in [0.15, 0.2) is 11.5 Å². The lowest BCUT2D eigenvalue weighted by molar-refractivity contribution is 0.427. The minimum absolute atomic E-state index is 0.498. The summed E-state index contributed by atoms with van der Waals surface area (Å²) >= 11 is 0. The summed E-state index contributed by atoms with van der Waals surface area (Å²) < 4.78 is 11.2. The molecular weight excluding hydrogens is 330 g/mol. The third-order valence-electron chi connectivity index (χ3n) is 3.83. The molecule has 0 aliphatic heterocycles. The second-order valence-electron chi connectivity index (χ2n) is 5.91. The molecule has 7 heteroatoms. The van der Waals surface area contributed by atoms with Crippen molar-refractivity contribution in [1.29, 1.82) is 0 Å². The van der Waals surface area contributed by atoms with E-state index in [0.29, 0.717) is 29.7 Å². The second-order valence-corrected chi connectivity index (χ2v) is 5.91. The molecule has 0 saturated carbocycles. The Morgan fingerprint density at radius 3 is 2.69 bits per heavy atom. The number of nitrogens with one attached hydrogen (secondary N) is 1. The molecule has 0 atom stereocenters. The van der Waals surface area contributed by atoms with Crippen molar-refractivity contribution in [2.75, 3.05) is 5.32 Å². The Balaban J connectivity index is 1.69. The summed E-state index contributed by atoms with van der Waals surface area (Å²) in [5.41, 5.74) is 3.21. The molecule has 0 radical (unpaired) electrons. The van der Waals surface area contributed by atoms with Crippen molar-refractivity contribution in [2.45, 2.75) is 20.4 Å². The van der Waals surface area contributed by atoms with Crippen molar-refractivity contribution in [3.05, 3.63) is 65.9 Å². The molecule has 130 valence electrons. The zero-order chi connectivity index (χ0) is 17.9. The second kappa shape index (κ2) is 6.79. The fraction of sp³-hybridized carbons (Fsp3) is 0.158. The van der Waals surface area contributed by atoms with Gasteiger partial charge in [0, 0.05) is 31.2 Å². The van der Waals surface area contributed by atoms with Crippen LogP contribution in [0, 0.1) is 13.8 Å². The largest absolute Gasteiger partial charge is 0.460 e. The van der Waals surface area contributed by atoms with E-state index in [4.69, 9.17) is 8.94 Å². The first-order valence-electron chi connectivity index (χ1n) is 8.19. The smallest absolute Gasteiger partial charge is 0.223 e. The highest BCUT2D eigenvalue weighted by atomic mass is 16.5. The van der Waals surface area contributed by atoms with Crippen molar-refractivity contribution >= 4 is 5.95 Å². The summed E-state index contributed by atoms with van der Waals surface area (Å²) in [6.07, 6.45) is 5.26. The molecule has 0 saturated heterocycles. The van der Waals surface area contributed by atoms with Crippen LogP contribution in [0.2, 0.25) is 0 Å². The minimum Gasteiger partial charge on any atom is -0.460 e. The molecule has 4 aromatic rings. The number of nitrogens with zero attached hydrogens (tertiary/aromatic N) is 4. The van der Waals surface area contributed by atoms with Crippen LogP contribution in [0.1, 0.15) is 17.0 Å². The number of rotatable bonds is 5. The van der Waals surface area contributed by atoms with Gasteiger partial charge in [-0.25, -0.2) is 9.97 Å². The fourth-order valence-corrected chi connectivity index (χ4v) is 2.57. The van der Waals surface area contributed by atoms with Crippen LogP contribution in [0.3, 0.4) is 0 Å². The number of aryl methyl sites for hydroxylation is 2. The summed E-state index contributed by atoms with van der Waals surface area (Å²) in [5, 5.41) is 7.16. The van der Waals surface area contributed by atoms with Crippen molar-refractivity contribution in [3.8, 4) is 22.8 Å². The molecule has 26 heavy (non-hydrogen) atoms. The Labute approximate surface area is 150 Å². The van der Waals surface area contributed by atoms with Crippen LogP contribution < -0.4 is 5.32 Å². The van der Waals surface area contributed by atoms with Gasteiger partial charge >= 0.3 is 0 Å². The van der Waals surface area contributed by atoms with E-state index in [1.54, 1.807) is 18.6 Å². The highest BCUT2D eigenvalue weighted by Crippen LogP contribution is 2.32. The van der Waals surface area contributed by atoms with E-state index < -0.39 is 0 Å². The monoisotopic (exact) mass is 347 g/mol. The van der Waals surface area contributed by atoms with Gasteiger partial charge < -0.3 is 14.3 Å². The van der Waals surface area contributed by atoms with Crippen molar-refractivity contribution in [1.82, 2.24) is 20.1 Å². The zero-order valence-corrected chi connectivity index (χ0v) is 14.4. The van der Waals surface area contributed by atoms with Gasteiger partial charge in [0.25, 0.3) is 0 Å². The van der Waals surface area contributed by atoms with Gasteiger partial charge in [0.1, 0.15) is 11.5 Å². The van der Waals surface area contributed by atoms with Crippen molar-refractivity contribution in [2.24, 2.45) is 0 Å². The third-order valence-corrected chi connectivity index (χ3v) is 3.83. The number of anilines is 1.